The van der Waals surface area contributed by atoms with Gasteiger partial charge in [0.15, 0.2) is 0 Å². The Morgan fingerprint density at radius 2 is 1.67 bits per heavy atom. The van der Waals surface area contributed by atoms with Gasteiger partial charge in [-0.1, -0.05) is 30.3 Å². The molecule has 2 heterocycles. The van der Waals surface area contributed by atoms with E-state index in [4.69, 9.17) is 4.74 Å². The van der Waals surface area contributed by atoms with Crippen LogP contribution in [0.1, 0.15) is 38.2 Å². The quantitative estimate of drug-likeness (QED) is 0.721. The molecule has 0 atom stereocenters. The zero-order valence-corrected chi connectivity index (χ0v) is 16.4. The minimum absolute atomic E-state index is 0.00466. The molecule has 148 valence electrons. The maximum absolute atomic E-state index is 12.6. The van der Waals surface area contributed by atoms with Gasteiger partial charge in [0.05, 0.1) is 19.1 Å². The standard InChI is InChI=1S/C22H32N2O3/c1-2-27-22(26)20-10-12-23(13-11-20)17-21(25)24-14-8-19(9-15-24)16-18-6-4-3-5-7-18/h3-7,19-20H,2,8-17H2,1H3. The Kier molecular flexibility index (Phi) is 7.27. The molecule has 3 rings (SSSR count). The Morgan fingerprint density at radius 1 is 1.00 bits per heavy atom. The molecule has 0 aromatic heterocycles. The van der Waals surface area contributed by atoms with E-state index in [9.17, 15) is 9.59 Å². The zero-order chi connectivity index (χ0) is 19.1. The number of benzene rings is 1. The smallest absolute Gasteiger partial charge is 0.309 e. The molecular weight excluding hydrogens is 340 g/mol. The summed E-state index contributed by atoms with van der Waals surface area (Å²) in [6.45, 7) is 6.12. The normalized spacial score (nSPS) is 19.8. The number of ether oxygens (including phenoxy) is 1. The van der Waals surface area contributed by atoms with Gasteiger partial charge in [0.2, 0.25) is 5.91 Å². The Hall–Kier alpha value is -1.88. The minimum Gasteiger partial charge on any atom is -0.466 e. The Bertz CT molecular complexity index is 603. The average molecular weight is 373 g/mol. The van der Waals surface area contributed by atoms with E-state index in [1.807, 2.05) is 11.8 Å². The van der Waals surface area contributed by atoms with Gasteiger partial charge in [0, 0.05) is 13.1 Å². The third-order valence-corrected chi connectivity index (χ3v) is 5.90. The summed E-state index contributed by atoms with van der Waals surface area (Å²) in [4.78, 5) is 28.7. The number of hydrogen-bond donors (Lipinski definition) is 0. The van der Waals surface area contributed by atoms with E-state index in [0.717, 1.165) is 58.3 Å². The van der Waals surface area contributed by atoms with Crippen molar-refractivity contribution in [1.29, 1.82) is 0 Å². The van der Waals surface area contributed by atoms with Crippen LogP contribution in [-0.4, -0.2) is 61.0 Å². The van der Waals surface area contributed by atoms with Crippen LogP contribution in [0.15, 0.2) is 30.3 Å². The number of carbonyl (C=O) groups is 2. The van der Waals surface area contributed by atoms with Crippen LogP contribution in [0.4, 0.5) is 0 Å². The van der Waals surface area contributed by atoms with Crippen LogP contribution in [0, 0.1) is 11.8 Å². The third kappa shape index (κ3) is 5.80. The Balaban J connectivity index is 1.37. The highest BCUT2D eigenvalue weighted by molar-refractivity contribution is 5.78. The monoisotopic (exact) mass is 372 g/mol. The molecule has 2 aliphatic rings. The maximum atomic E-state index is 12.6. The third-order valence-electron chi connectivity index (χ3n) is 5.90. The number of likely N-dealkylation sites (tertiary alicyclic amines) is 2. The number of rotatable bonds is 6. The molecule has 5 nitrogen and oxygen atoms in total. The van der Waals surface area contributed by atoms with Gasteiger partial charge in [-0.3, -0.25) is 14.5 Å². The number of hydrogen-bond acceptors (Lipinski definition) is 4. The van der Waals surface area contributed by atoms with Crippen LogP contribution in [0.3, 0.4) is 0 Å². The van der Waals surface area contributed by atoms with Gasteiger partial charge in [-0.2, -0.15) is 0 Å². The van der Waals surface area contributed by atoms with Gasteiger partial charge in [-0.15, -0.1) is 0 Å². The Morgan fingerprint density at radius 3 is 2.30 bits per heavy atom. The fraction of sp³-hybridized carbons (Fsp3) is 0.636. The van der Waals surface area contributed by atoms with Gasteiger partial charge in [-0.05, 0) is 63.6 Å². The summed E-state index contributed by atoms with van der Waals surface area (Å²) in [5.41, 5.74) is 1.40. The van der Waals surface area contributed by atoms with E-state index < -0.39 is 0 Å². The number of piperidine rings is 2. The van der Waals surface area contributed by atoms with Crippen molar-refractivity contribution >= 4 is 11.9 Å². The summed E-state index contributed by atoms with van der Waals surface area (Å²) in [5, 5.41) is 0. The van der Waals surface area contributed by atoms with Gasteiger partial charge >= 0.3 is 5.97 Å². The summed E-state index contributed by atoms with van der Waals surface area (Å²) < 4.78 is 5.11. The highest BCUT2D eigenvalue weighted by atomic mass is 16.5. The molecule has 27 heavy (non-hydrogen) atoms. The van der Waals surface area contributed by atoms with Crippen LogP contribution in [0.25, 0.3) is 0 Å². The first-order valence-electron chi connectivity index (χ1n) is 10.4. The van der Waals surface area contributed by atoms with E-state index in [0.29, 0.717) is 19.1 Å². The highest BCUT2D eigenvalue weighted by Gasteiger charge is 2.29. The van der Waals surface area contributed by atoms with Crippen LogP contribution in [0.2, 0.25) is 0 Å². The zero-order valence-electron chi connectivity index (χ0n) is 16.4. The molecule has 1 amide bonds. The van der Waals surface area contributed by atoms with E-state index in [1.54, 1.807) is 0 Å². The fourth-order valence-corrected chi connectivity index (χ4v) is 4.21. The first-order chi connectivity index (χ1) is 13.2. The van der Waals surface area contributed by atoms with Gasteiger partial charge in [0.25, 0.3) is 0 Å². The predicted molar refractivity (Wildman–Crippen MR) is 105 cm³/mol. The molecule has 5 heteroatoms. The number of carbonyl (C=O) groups excluding carboxylic acids is 2. The van der Waals surface area contributed by atoms with Gasteiger partial charge in [-0.25, -0.2) is 0 Å². The van der Waals surface area contributed by atoms with E-state index in [1.165, 1.54) is 5.56 Å². The molecule has 1 aromatic carbocycles. The summed E-state index contributed by atoms with van der Waals surface area (Å²) in [6.07, 6.45) is 4.89. The molecule has 0 radical (unpaired) electrons. The second-order valence-corrected chi connectivity index (χ2v) is 7.82. The van der Waals surface area contributed by atoms with Crippen LogP contribution >= 0.6 is 0 Å². The molecule has 2 aliphatic heterocycles. The first-order valence-corrected chi connectivity index (χ1v) is 10.4. The molecule has 2 saturated heterocycles. The van der Waals surface area contributed by atoms with Gasteiger partial charge < -0.3 is 9.64 Å². The number of amides is 1. The van der Waals surface area contributed by atoms with E-state index in [-0.39, 0.29) is 17.8 Å². The summed E-state index contributed by atoms with van der Waals surface area (Å²) in [5.74, 6) is 0.841. The average Bonchev–Trinajstić information content (AvgIpc) is 2.70. The molecule has 0 N–H and O–H groups in total. The maximum Gasteiger partial charge on any atom is 0.309 e. The molecule has 0 bridgehead atoms. The van der Waals surface area contributed by atoms with Crippen molar-refractivity contribution in [1.82, 2.24) is 9.80 Å². The van der Waals surface area contributed by atoms with Crippen molar-refractivity contribution < 1.29 is 14.3 Å². The molecular formula is C22H32N2O3. The lowest BCUT2D eigenvalue weighted by Gasteiger charge is -2.35. The first kappa shape index (κ1) is 19.9. The molecule has 1 aromatic rings. The van der Waals surface area contributed by atoms with E-state index in [2.05, 4.69) is 35.2 Å². The predicted octanol–water partition coefficient (Wildman–Crippen LogP) is 2.74. The number of nitrogens with zero attached hydrogens (tertiary/aromatic N) is 2. The molecule has 0 aliphatic carbocycles. The second kappa shape index (κ2) is 9.88. The lowest BCUT2D eigenvalue weighted by molar-refractivity contribution is -0.149. The molecule has 2 fully saturated rings. The summed E-state index contributed by atoms with van der Waals surface area (Å²) in [6, 6.07) is 10.6. The van der Waals surface area contributed by atoms with Crippen molar-refractivity contribution in [2.75, 3.05) is 39.3 Å². The summed E-state index contributed by atoms with van der Waals surface area (Å²) in [7, 11) is 0. The van der Waals surface area contributed by atoms with E-state index >= 15 is 0 Å². The SMILES string of the molecule is CCOC(=O)C1CCN(CC(=O)N2CCC(Cc3ccccc3)CC2)CC1. The minimum atomic E-state index is -0.0797. The van der Waals surface area contributed by atoms with Crippen molar-refractivity contribution in [2.24, 2.45) is 11.8 Å². The highest BCUT2D eigenvalue weighted by Crippen LogP contribution is 2.23. The van der Waals surface area contributed by atoms with Crippen LogP contribution < -0.4 is 0 Å². The van der Waals surface area contributed by atoms with Gasteiger partial charge in [0.1, 0.15) is 0 Å². The lowest BCUT2D eigenvalue weighted by Crippen LogP contribution is -2.46. The second-order valence-electron chi connectivity index (χ2n) is 7.82. The van der Waals surface area contributed by atoms with Crippen molar-refractivity contribution in [3.05, 3.63) is 35.9 Å². The number of esters is 1. The van der Waals surface area contributed by atoms with Crippen LogP contribution in [-0.2, 0) is 20.7 Å². The van der Waals surface area contributed by atoms with Crippen molar-refractivity contribution in [2.45, 2.75) is 39.0 Å². The van der Waals surface area contributed by atoms with Crippen molar-refractivity contribution in [3.63, 3.8) is 0 Å². The summed E-state index contributed by atoms with van der Waals surface area (Å²) >= 11 is 0. The topological polar surface area (TPSA) is 49.9 Å². The largest absolute Gasteiger partial charge is 0.466 e. The Labute approximate surface area is 162 Å². The molecule has 0 unspecified atom stereocenters. The molecule has 0 saturated carbocycles. The fourth-order valence-electron chi connectivity index (χ4n) is 4.21. The van der Waals surface area contributed by atoms with Crippen LogP contribution in [0.5, 0.6) is 0 Å². The lowest BCUT2D eigenvalue weighted by atomic mass is 9.90. The molecule has 0 spiro atoms. The van der Waals surface area contributed by atoms with Crippen molar-refractivity contribution in [3.8, 4) is 0 Å².